The Kier molecular flexibility index (Phi) is 11.3. The molecule has 0 aromatic heterocycles. The maximum Gasteiger partial charge on any atom is 0.0976 e. The van der Waals surface area contributed by atoms with Gasteiger partial charge in [0.2, 0.25) is 0 Å². The van der Waals surface area contributed by atoms with Crippen LogP contribution in [0.25, 0.3) is 0 Å². The molecule has 2 saturated carbocycles. The molecule has 3 aromatic rings. The Bertz CT molecular complexity index is 1180. The van der Waals surface area contributed by atoms with E-state index in [1.807, 2.05) is 0 Å². The van der Waals surface area contributed by atoms with Gasteiger partial charge in [-0.3, -0.25) is 0 Å². The smallest absolute Gasteiger partial charge is 0.0976 e. The number of hydrogen-bond acceptors (Lipinski definition) is 1. The molecule has 2 aliphatic rings. The van der Waals surface area contributed by atoms with Crippen LogP contribution in [0.3, 0.4) is 0 Å². The van der Waals surface area contributed by atoms with Gasteiger partial charge in [-0.05, 0) is 93.3 Å². The lowest BCUT2D eigenvalue weighted by Gasteiger charge is -2.40. The topological polar surface area (TPSA) is 29.1 Å². The Morgan fingerprint density at radius 2 is 1.17 bits per heavy atom. The van der Waals surface area contributed by atoms with E-state index in [1.165, 1.54) is 80.4 Å². The molecule has 0 heterocycles. The van der Waals surface area contributed by atoms with Gasteiger partial charge in [0, 0.05) is 6.04 Å². The molecule has 5 rings (SSSR count). The minimum atomic E-state index is -1.16. The summed E-state index contributed by atoms with van der Waals surface area (Å²) in [4.78, 5) is 0. The van der Waals surface area contributed by atoms with Crippen LogP contribution in [0.4, 0.5) is 0 Å². The van der Waals surface area contributed by atoms with Gasteiger partial charge in [0.25, 0.3) is 0 Å². The maximum absolute atomic E-state index is 13.8. The van der Waals surface area contributed by atoms with E-state index < -0.39 is 18.9 Å². The van der Waals surface area contributed by atoms with Crippen molar-refractivity contribution in [3.63, 3.8) is 0 Å². The van der Waals surface area contributed by atoms with Crippen molar-refractivity contribution < 1.29 is 4.21 Å². The van der Waals surface area contributed by atoms with Gasteiger partial charge >= 0.3 is 0 Å². The molecule has 0 radical (unpaired) electrons. The summed E-state index contributed by atoms with van der Waals surface area (Å²) in [7, 11) is -2.05. The highest BCUT2D eigenvalue weighted by Crippen LogP contribution is 2.56. The average molecular weight is 606 g/mol. The van der Waals surface area contributed by atoms with Gasteiger partial charge in [-0.2, -0.15) is 0 Å². The molecule has 2 atom stereocenters. The Labute approximate surface area is 254 Å². The minimum absolute atomic E-state index is 0.0370. The Hall–Kier alpha value is -1.37. The highest BCUT2D eigenvalue weighted by Gasteiger charge is 2.36. The van der Waals surface area contributed by atoms with Crippen molar-refractivity contribution in [2.75, 3.05) is 6.16 Å². The van der Waals surface area contributed by atoms with Crippen molar-refractivity contribution in [1.82, 2.24) is 4.72 Å². The van der Waals surface area contributed by atoms with Crippen LogP contribution >= 0.6 is 15.8 Å². The van der Waals surface area contributed by atoms with Crippen molar-refractivity contribution >= 4 is 42.7 Å². The first-order chi connectivity index (χ1) is 19.9. The minimum Gasteiger partial charge on any atom is -0.242 e. The van der Waals surface area contributed by atoms with Gasteiger partial charge in [0.1, 0.15) is 0 Å². The normalized spacial score (nSPS) is 19.0. The second kappa shape index (κ2) is 14.9. The van der Waals surface area contributed by atoms with Gasteiger partial charge in [0.15, 0.2) is 0 Å². The molecule has 0 spiro atoms. The summed E-state index contributed by atoms with van der Waals surface area (Å²) in [5, 5.41) is 4.39. The molecule has 0 aliphatic heterocycles. The first-order valence-corrected chi connectivity index (χ1v) is 20.0. The zero-order valence-corrected chi connectivity index (χ0v) is 27.9. The predicted octanol–water partition coefficient (Wildman–Crippen LogP) is 8.69. The van der Waals surface area contributed by atoms with E-state index in [2.05, 4.69) is 110 Å². The molecular formula is C36H49NOP2S. The van der Waals surface area contributed by atoms with E-state index in [9.17, 15) is 4.21 Å². The van der Waals surface area contributed by atoms with Crippen molar-refractivity contribution in [1.29, 1.82) is 0 Å². The second-order valence-electron chi connectivity index (χ2n) is 12.9. The van der Waals surface area contributed by atoms with Gasteiger partial charge in [0.05, 0.1) is 15.7 Å². The predicted molar refractivity (Wildman–Crippen MR) is 184 cm³/mol. The lowest BCUT2D eigenvalue weighted by atomic mass is 9.99. The van der Waals surface area contributed by atoms with E-state index in [1.54, 1.807) is 5.30 Å². The van der Waals surface area contributed by atoms with Gasteiger partial charge in [-0.1, -0.05) is 131 Å². The van der Waals surface area contributed by atoms with Crippen LogP contribution in [0.5, 0.6) is 0 Å². The van der Waals surface area contributed by atoms with Crippen molar-refractivity contribution in [3.8, 4) is 0 Å². The number of hydrogen-bond donors (Lipinski definition) is 1. The highest BCUT2D eigenvalue weighted by molar-refractivity contribution is 7.84. The average Bonchev–Trinajstić information content (AvgIpc) is 3.01. The Morgan fingerprint density at radius 3 is 1.66 bits per heavy atom. The Morgan fingerprint density at radius 1 is 0.707 bits per heavy atom. The highest BCUT2D eigenvalue weighted by atomic mass is 32.2. The van der Waals surface area contributed by atoms with Crippen LogP contribution in [-0.4, -0.2) is 26.4 Å². The fourth-order valence-corrected chi connectivity index (χ4v) is 14.1. The fraction of sp³-hybridized carbons (Fsp3) is 0.500. The lowest BCUT2D eigenvalue weighted by molar-refractivity contribution is 0.487. The molecule has 41 heavy (non-hydrogen) atoms. The zero-order chi connectivity index (χ0) is 28.7. The third-order valence-electron chi connectivity index (χ3n) is 8.83. The van der Waals surface area contributed by atoms with Crippen LogP contribution in [0.1, 0.15) is 96.6 Å². The first kappa shape index (κ1) is 31.1. The van der Waals surface area contributed by atoms with Crippen molar-refractivity contribution in [3.05, 3.63) is 90.5 Å². The van der Waals surface area contributed by atoms with Crippen LogP contribution < -0.4 is 20.6 Å². The summed E-state index contributed by atoms with van der Waals surface area (Å²) < 4.78 is 17.2. The number of benzene rings is 3. The van der Waals surface area contributed by atoms with Crippen LogP contribution in [0, 0.1) is 0 Å². The van der Waals surface area contributed by atoms with Crippen LogP contribution in [0.2, 0.25) is 0 Å². The molecule has 5 heteroatoms. The van der Waals surface area contributed by atoms with Crippen LogP contribution in [0.15, 0.2) is 84.9 Å². The molecule has 2 nitrogen and oxygen atoms in total. The summed E-state index contributed by atoms with van der Waals surface area (Å²) in [6.07, 6.45) is 14.9. The fourth-order valence-electron chi connectivity index (χ4n) is 6.69. The molecule has 220 valence electrons. The lowest BCUT2D eigenvalue weighted by Crippen LogP contribution is -2.39. The standard InChI is InChI=1S/C36H49NOP2S/c1-36(2,3)41(38)37-34(28-39(29-18-8-4-9-19-29)30-20-10-5-11-21-30)33-26-16-17-27-35(33)40(31-22-12-6-13-23-31)32-24-14-7-15-25-32/h4-5,8-11,16-21,26-27,31-32,34,37H,6-7,12-15,22-25,28H2,1-3H3/t34?,41-/m1/s1. The number of nitrogens with one attached hydrogen (secondary N) is 1. The monoisotopic (exact) mass is 605 g/mol. The Balaban J connectivity index is 1.59. The maximum atomic E-state index is 13.8. The van der Waals surface area contributed by atoms with E-state index in [4.69, 9.17) is 0 Å². The second-order valence-corrected chi connectivity index (χ2v) is 19.9. The van der Waals surface area contributed by atoms with E-state index in [0.29, 0.717) is 0 Å². The zero-order valence-electron chi connectivity index (χ0n) is 25.3. The van der Waals surface area contributed by atoms with Gasteiger partial charge in [-0.25, -0.2) is 8.93 Å². The van der Waals surface area contributed by atoms with Gasteiger partial charge < -0.3 is 0 Å². The van der Waals surface area contributed by atoms with Crippen LogP contribution in [-0.2, 0) is 11.0 Å². The number of rotatable bonds is 10. The summed E-state index contributed by atoms with van der Waals surface area (Å²) >= 11 is 0. The van der Waals surface area contributed by atoms with E-state index in [0.717, 1.165) is 17.5 Å². The molecular weight excluding hydrogens is 556 g/mol. The molecule has 2 fully saturated rings. The SMILES string of the molecule is CC(C)(C)[S@@](=O)NC(CP(c1ccccc1)c1ccccc1)c1ccccc1P(C1CCCCC1)C1CCCCC1. The molecule has 1 unspecified atom stereocenters. The van der Waals surface area contributed by atoms with E-state index >= 15 is 0 Å². The summed E-state index contributed by atoms with van der Waals surface area (Å²) in [5.74, 6) is 0. The summed E-state index contributed by atoms with van der Waals surface area (Å²) in [6, 6.07) is 31.5. The quantitative estimate of drug-likeness (QED) is 0.230. The molecule has 0 saturated heterocycles. The summed E-state index contributed by atoms with van der Waals surface area (Å²) in [5.41, 5.74) is 3.09. The molecule has 2 aliphatic carbocycles. The van der Waals surface area contributed by atoms with E-state index in [-0.39, 0.29) is 18.7 Å². The molecule has 0 bridgehead atoms. The molecule has 1 N–H and O–H groups in total. The van der Waals surface area contributed by atoms with Crippen molar-refractivity contribution in [2.24, 2.45) is 0 Å². The third kappa shape index (κ3) is 8.17. The molecule has 3 aromatic carbocycles. The molecule has 0 amide bonds. The van der Waals surface area contributed by atoms with Gasteiger partial charge in [-0.15, -0.1) is 0 Å². The largest absolute Gasteiger partial charge is 0.242 e. The first-order valence-electron chi connectivity index (χ1n) is 15.8. The third-order valence-corrected chi connectivity index (χ3v) is 16.6. The van der Waals surface area contributed by atoms with Crippen molar-refractivity contribution in [2.45, 2.75) is 107 Å². The summed E-state index contributed by atoms with van der Waals surface area (Å²) in [6.45, 7) is 6.27.